The van der Waals surface area contributed by atoms with Gasteiger partial charge in [-0.3, -0.25) is 9.78 Å². The molecule has 2 fully saturated rings. The first-order chi connectivity index (χ1) is 11.5. The molecule has 1 aromatic rings. The van der Waals surface area contributed by atoms with Gasteiger partial charge in [-0.25, -0.2) is 8.42 Å². The van der Waals surface area contributed by atoms with Crippen LogP contribution in [0.1, 0.15) is 39.3 Å². The number of likely N-dealkylation sites (N-methyl/N-ethyl adjacent to an activating group) is 1. The molecule has 1 spiro atoms. The first-order valence-electron chi connectivity index (χ1n) is 8.88. The lowest BCUT2D eigenvalue weighted by molar-refractivity contribution is -0.145. The van der Waals surface area contributed by atoms with Gasteiger partial charge in [0.15, 0.2) is 9.84 Å². The third-order valence-corrected chi connectivity index (χ3v) is 7.81. The number of pyridine rings is 1. The van der Waals surface area contributed by atoms with Crippen LogP contribution in [-0.4, -0.2) is 48.8 Å². The van der Waals surface area contributed by atoms with Gasteiger partial charge in [-0.2, -0.15) is 0 Å². The number of rotatable bonds is 4. The highest BCUT2D eigenvalue weighted by molar-refractivity contribution is 7.92. The van der Waals surface area contributed by atoms with Gasteiger partial charge in [-0.1, -0.05) is 26.8 Å². The predicted octanol–water partition coefficient (Wildman–Crippen LogP) is 2.32. The molecule has 1 amide bonds. The van der Waals surface area contributed by atoms with E-state index in [1.54, 1.807) is 6.20 Å². The molecule has 3 rings (SSSR count). The van der Waals surface area contributed by atoms with Gasteiger partial charge < -0.3 is 4.90 Å². The Morgan fingerprint density at radius 3 is 2.44 bits per heavy atom. The number of carbonyl (C=O) groups excluding carboxylic acids is 1. The standard InChI is InChI=1S/C19H28N2O3S/c1-18(2,3)16(9-15-7-5-6-8-20-15)21(4)17(22)14-10-19(11-14)12-25(23,24)13-19/h5-8,14,16H,9-13H2,1-4H3. The van der Waals surface area contributed by atoms with Gasteiger partial charge in [0, 0.05) is 37.3 Å². The number of nitrogens with zero attached hydrogens (tertiary/aromatic N) is 2. The van der Waals surface area contributed by atoms with Crippen LogP contribution >= 0.6 is 0 Å². The van der Waals surface area contributed by atoms with Crippen LogP contribution in [0.3, 0.4) is 0 Å². The van der Waals surface area contributed by atoms with E-state index in [0.29, 0.717) is 0 Å². The largest absolute Gasteiger partial charge is 0.342 e. The molecular weight excluding hydrogens is 336 g/mol. The zero-order chi connectivity index (χ0) is 18.5. The number of aromatic nitrogens is 1. The summed E-state index contributed by atoms with van der Waals surface area (Å²) in [4.78, 5) is 19.2. The third-order valence-electron chi connectivity index (χ3n) is 5.70. The van der Waals surface area contributed by atoms with Gasteiger partial charge >= 0.3 is 0 Å². The van der Waals surface area contributed by atoms with Crippen molar-refractivity contribution in [3.05, 3.63) is 30.1 Å². The molecule has 138 valence electrons. The molecule has 1 unspecified atom stereocenters. The average Bonchev–Trinajstić information content (AvgIpc) is 2.46. The van der Waals surface area contributed by atoms with Crippen LogP contribution in [0.25, 0.3) is 0 Å². The lowest BCUT2D eigenvalue weighted by Crippen LogP contribution is -2.60. The summed E-state index contributed by atoms with van der Waals surface area (Å²) in [5, 5.41) is 0. The van der Waals surface area contributed by atoms with E-state index in [1.165, 1.54) is 0 Å². The number of carbonyl (C=O) groups is 1. The molecule has 0 aromatic carbocycles. The Labute approximate surface area is 150 Å². The van der Waals surface area contributed by atoms with E-state index in [-0.39, 0.29) is 40.2 Å². The summed E-state index contributed by atoms with van der Waals surface area (Å²) in [6, 6.07) is 5.91. The van der Waals surface area contributed by atoms with E-state index in [4.69, 9.17) is 0 Å². The Morgan fingerprint density at radius 2 is 1.96 bits per heavy atom. The van der Waals surface area contributed by atoms with E-state index >= 15 is 0 Å². The lowest BCUT2D eigenvalue weighted by atomic mass is 9.63. The van der Waals surface area contributed by atoms with Crippen molar-refractivity contribution in [2.24, 2.45) is 16.7 Å². The van der Waals surface area contributed by atoms with Gasteiger partial charge in [0.1, 0.15) is 0 Å². The second-order valence-corrected chi connectivity index (χ2v) is 11.1. The quantitative estimate of drug-likeness (QED) is 0.822. The summed E-state index contributed by atoms with van der Waals surface area (Å²) in [5.74, 6) is 0.647. The van der Waals surface area contributed by atoms with Crippen molar-refractivity contribution in [1.82, 2.24) is 9.88 Å². The summed E-state index contributed by atoms with van der Waals surface area (Å²) in [7, 11) is -0.954. The normalized spacial score (nSPS) is 22.7. The van der Waals surface area contributed by atoms with Crippen molar-refractivity contribution in [1.29, 1.82) is 0 Å². The Bertz CT molecular complexity index is 733. The van der Waals surface area contributed by atoms with Crippen molar-refractivity contribution in [3.63, 3.8) is 0 Å². The monoisotopic (exact) mass is 364 g/mol. The van der Waals surface area contributed by atoms with Crippen molar-refractivity contribution >= 4 is 15.7 Å². The number of hydrogen-bond donors (Lipinski definition) is 0. The SMILES string of the molecule is CN(C(=O)C1CC2(C1)CS(=O)(=O)C2)C(Cc1ccccn1)C(C)(C)C. The first kappa shape index (κ1) is 18.4. The number of hydrogen-bond acceptors (Lipinski definition) is 4. The second-order valence-electron chi connectivity index (χ2n) is 8.99. The Balaban J connectivity index is 1.66. The summed E-state index contributed by atoms with van der Waals surface area (Å²) in [6.07, 6.45) is 3.94. The maximum atomic E-state index is 12.9. The molecule has 2 aliphatic rings. The fourth-order valence-electron chi connectivity index (χ4n) is 4.47. The van der Waals surface area contributed by atoms with Crippen molar-refractivity contribution in [2.75, 3.05) is 18.6 Å². The zero-order valence-electron chi connectivity index (χ0n) is 15.5. The maximum Gasteiger partial charge on any atom is 0.225 e. The van der Waals surface area contributed by atoms with E-state index < -0.39 is 9.84 Å². The number of amides is 1. The molecule has 6 heteroatoms. The van der Waals surface area contributed by atoms with Crippen LogP contribution in [0.4, 0.5) is 0 Å². The summed E-state index contributed by atoms with van der Waals surface area (Å²) in [5.41, 5.74) is 0.818. The van der Waals surface area contributed by atoms with Gasteiger partial charge in [0.2, 0.25) is 5.91 Å². The molecule has 1 atom stereocenters. The van der Waals surface area contributed by atoms with Gasteiger partial charge in [0.05, 0.1) is 11.5 Å². The highest BCUT2D eigenvalue weighted by Gasteiger charge is 2.58. The molecule has 1 aliphatic carbocycles. The maximum absolute atomic E-state index is 12.9. The topological polar surface area (TPSA) is 67.3 Å². The molecule has 0 radical (unpaired) electrons. The van der Waals surface area contributed by atoms with E-state index in [2.05, 4.69) is 25.8 Å². The van der Waals surface area contributed by atoms with Crippen molar-refractivity contribution < 1.29 is 13.2 Å². The molecule has 0 N–H and O–H groups in total. The molecule has 25 heavy (non-hydrogen) atoms. The van der Waals surface area contributed by atoms with Crippen molar-refractivity contribution in [2.45, 2.75) is 46.1 Å². The Morgan fingerprint density at radius 1 is 1.32 bits per heavy atom. The molecule has 2 heterocycles. The van der Waals surface area contributed by atoms with Crippen LogP contribution in [0, 0.1) is 16.7 Å². The minimum atomic E-state index is -2.83. The average molecular weight is 365 g/mol. The van der Waals surface area contributed by atoms with Gasteiger partial charge in [-0.15, -0.1) is 0 Å². The third kappa shape index (κ3) is 3.73. The molecule has 1 saturated heterocycles. The molecule has 5 nitrogen and oxygen atoms in total. The highest BCUT2D eigenvalue weighted by atomic mass is 32.2. The van der Waals surface area contributed by atoms with Crippen molar-refractivity contribution in [3.8, 4) is 0 Å². The molecule has 1 aromatic heterocycles. The van der Waals surface area contributed by atoms with Crippen LogP contribution in [0.5, 0.6) is 0 Å². The highest BCUT2D eigenvalue weighted by Crippen LogP contribution is 2.53. The van der Waals surface area contributed by atoms with Crippen LogP contribution in [-0.2, 0) is 21.1 Å². The summed E-state index contributed by atoms with van der Waals surface area (Å²) in [6.45, 7) is 6.43. The van der Waals surface area contributed by atoms with E-state index in [9.17, 15) is 13.2 Å². The fraction of sp³-hybridized carbons (Fsp3) is 0.684. The minimum absolute atomic E-state index is 0.0333. The predicted molar refractivity (Wildman–Crippen MR) is 97.8 cm³/mol. The molecular formula is C19H28N2O3S. The zero-order valence-corrected chi connectivity index (χ0v) is 16.3. The first-order valence-corrected chi connectivity index (χ1v) is 10.7. The fourth-order valence-corrected chi connectivity index (χ4v) is 6.72. The number of sulfone groups is 1. The van der Waals surface area contributed by atoms with E-state index in [1.807, 2.05) is 30.1 Å². The molecule has 1 saturated carbocycles. The summed E-state index contributed by atoms with van der Waals surface area (Å²) >= 11 is 0. The smallest absolute Gasteiger partial charge is 0.225 e. The van der Waals surface area contributed by atoms with Crippen LogP contribution in [0.2, 0.25) is 0 Å². The summed E-state index contributed by atoms with van der Waals surface area (Å²) < 4.78 is 22.9. The van der Waals surface area contributed by atoms with Crippen LogP contribution < -0.4 is 0 Å². The molecule has 1 aliphatic heterocycles. The Kier molecular flexibility index (Phi) is 4.46. The van der Waals surface area contributed by atoms with Crippen LogP contribution in [0.15, 0.2) is 24.4 Å². The van der Waals surface area contributed by atoms with E-state index in [0.717, 1.165) is 25.0 Å². The lowest BCUT2D eigenvalue weighted by Gasteiger charge is -2.53. The Hall–Kier alpha value is -1.43. The molecule has 0 bridgehead atoms. The van der Waals surface area contributed by atoms with Gasteiger partial charge in [0.25, 0.3) is 0 Å². The minimum Gasteiger partial charge on any atom is -0.342 e. The van der Waals surface area contributed by atoms with Gasteiger partial charge in [-0.05, 0) is 35.8 Å². The second kappa shape index (κ2) is 6.08.